The molecule has 0 aliphatic carbocycles. The molecule has 3 amide bonds. The topological polar surface area (TPSA) is 102 Å². The molecule has 0 radical (unpaired) electrons. The number of imide groups is 1. The maximum atomic E-state index is 12.9. The summed E-state index contributed by atoms with van der Waals surface area (Å²) in [5.41, 5.74) is 0.630. The van der Waals surface area contributed by atoms with Crippen LogP contribution in [0, 0.1) is 0 Å². The van der Waals surface area contributed by atoms with Crippen molar-refractivity contribution in [1.29, 1.82) is 0 Å². The Bertz CT molecular complexity index is 1190. The molecule has 0 atom stereocenters. The molecule has 11 heteroatoms. The van der Waals surface area contributed by atoms with Gasteiger partial charge in [0.1, 0.15) is 6.54 Å². The molecule has 2 aliphatic rings. The number of esters is 1. The maximum absolute atomic E-state index is 12.9. The van der Waals surface area contributed by atoms with E-state index in [9.17, 15) is 19.2 Å². The van der Waals surface area contributed by atoms with Crippen LogP contribution in [0.2, 0.25) is 5.02 Å². The van der Waals surface area contributed by atoms with Crippen molar-refractivity contribution in [3.63, 3.8) is 0 Å². The number of halogens is 1. The lowest BCUT2D eigenvalue weighted by Crippen LogP contribution is -2.46. The number of carbonyl (C=O) groups excluding carboxylic acids is 4. The van der Waals surface area contributed by atoms with Crippen molar-refractivity contribution >= 4 is 52.5 Å². The summed E-state index contributed by atoms with van der Waals surface area (Å²) >= 11 is 6.59. The fourth-order valence-electron chi connectivity index (χ4n) is 3.48. The van der Waals surface area contributed by atoms with E-state index in [2.05, 4.69) is 0 Å². The van der Waals surface area contributed by atoms with E-state index in [1.807, 2.05) is 0 Å². The molecule has 9 nitrogen and oxygen atoms in total. The Morgan fingerprint density at radius 3 is 2.51 bits per heavy atom. The van der Waals surface area contributed by atoms with Crippen molar-refractivity contribution in [3.05, 3.63) is 63.5 Å². The van der Waals surface area contributed by atoms with Gasteiger partial charge in [-0.2, -0.15) is 0 Å². The van der Waals surface area contributed by atoms with Crippen LogP contribution in [-0.2, 0) is 14.3 Å². The molecule has 0 spiro atoms. The largest absolute Gasteiger partial charge is 0.493 e. The Kier molecular flexibility index (Phi) is 7.74. The zero-order valence-electron chi connectivity index (χ0n) is 18.7. The van der Waals surface area contributed by atoms with Gasteiger partial charge in [0.05, 0.1) is 30.8 Å². The van der Waals surface area contributed by atoms with Crippen molar-refractivity contribution in [2.24, 2.45) is 0 Å². The molecule has 2 saturated heterocycles. The molecular formula is C24H21ClN2O7S. The smallest absolute Gasteiger partial charge is 0.343 e. The number of nitrogens with zero attached hydrogens (tertiary/aromatic N) is 2. The zero-order valence-corrected chi connectivity index (χ0v) is 20.3. The molecule has 0 N–H and O–H groups in total. The van der Waals surface area contributed by atoms with Crippen molar-refractivity contribution < 1.29 is 33.4 Å². The molecule has 2 aromatic carbocycles. The van der Waals surface area contributed by atoms with E-state index in [0.717, 1.165) is 4.90 Å². The number of para-hydroxylation sites is 1. The van der Waals surface area contributed by atoms with E-state index < -0.39 is 17.1 Å². The fraction of sp³-hybridized carbons (Fsp3) is 0.250. The van der Waals surface area contributed by atoms with Gasteiger partial charge in [-0.25, -0.2) is 4.79 Å². The Balaban J connectivity index is 1.56. The second-order valence-electron chi connectivity index (χ2n) is 7.54. The van der Waals surface area contributed by atoms with E-state index in [4.69, 9.17) is 25.8 Å². The van der Waals surface area contributed by atoms with Gasteiger partial charge in [-0.3, -0.25) is 19.3 Å². The number of rotatable bonds is 6. The molecule has 2 aromatic rings. The predicted octanol–water partition coefficient (Wildman–Crippen LogP) is 3.46. The van der Waals surface area contributed by atoms with Crippen molar-refractivity contribution in [2.45, 2.75) is 0 Å². The van der Waals surface area contributed by atoms with E-state index in [1.54, 1.807) is 35.2 Å². The Labute approximate surface area is 210 Å². The number of methoxy groups -OCH3 is 1. The van der Waals surface area contributed by atoms with Crippen molar-refractivity contribution in [3.8, 4) is 11.5 Å². The average Bonchev–Trinajstić information content (AvgIpc) is 3.13. The van der Waals surface area contributed by atoms with E-state index in [-0.39, 0.29) is 34.4 Å². The quantitative estimate of drug-likeness (QED) is 0.327. The second kappa shape index (κ2) is 10.9. The third-order valence-electron chi connectivity index (χ3n) is 5.32. The first-order valence-electron chi connectivity index (χ1n) is 10.6. The van der Waals surface area contributed by atoms with Crippen LogP contribution in [0.3, 0.4) is 0 Å². The highest BCUT2D eigenvalue weighted by molar-refractivity contribution is 8.18. The average molecular weight is 517 g/mol. The molecule has 0 saturated carbocycles. The summed E-state index contributed by atoms with van der Waals surface area (Å²) in [4.78, 5) is 53.3. The standard InChI is InChI=1S/C24H21ClN2O7S/c1-32-18-4-2-3-16(21(18)34-23(30)15-5-7-17(25)8-6-15)13-19-22(29)27(24(31)35-19)14-20(28)26-9-11-33-12-10-26/h2-8,13H,9-12,14H2,1H3/b19-13-. The van der Waals surface area contributed by atoms with Crippen LogP contribution in [-0.4, -0.2) is 72.8 Å². The molecule has 2 aliphatic heterocycles. The van der Waals surface area contributed by atoms with Crippen LogP contribution in [0.25, 0.3) is 6.08 Å². The van der Waals surface area contributed by atoms with Gasteiger partial charge in [-0.15, -0.1) is 0 Å². The minimum atomic E-state index is -0.648. The minimum Gasteiger partial charge on any atom is -0.493 e. The van der Waals surface area contributed by atoms with Crippen LogP contribution >= 0.6 is 23.4 Å². The molecule has 2 fully saturated rings. The first-order valence-corrected chi connectivity index (χ1v) is 11.8. The molecule has 0 aromatic heterocycles. The summed E-state index contributed by atoms with van der Waals surface area (Å²) in [6.45, 7) is 1.31. The van der Waals surface area contributed by atoms with Crippen LogP contribution in [0.1, 0.15) is 15.9 Å². The van der Waals surface area contributed by atoms with Crippen LogP contribution < -0.4 is 9.47 Å². The third kappa shape index (κ3) is 5.67. The highest BCUT2D eigenvalue weighted by Crippen LogP contribution is 2.37. The van der Waals surface area contributed by atoms with E-state index in [0.29, 0.717) is 48.7 Å². The summed E-state index contributed by atoms with van der Waals surface area (Å²) in [5.74, 6) is -1.21. The number of thioether (sulfide) groups is 1. The zero-order chi connectivity index (χ0) is 24.9. The lowest BCUT2D eigenvalue weighted by atomic mass is 10.1. The molecule has 35 heavy (non-hydrogen) atoms. The van der Waals surface area contributed by atoms with Crippen LogP contribution in [0.15, 0.2) is 47.4 Å². The number of morpholine rings is 1. The highest BCUT2D eigenvalue weighted by atomic mass is 35.5. The summed E-state index contributed by atoms with van der Waals surface area (Å²) in [6, 6.07) is 11.1. The molecular weight excluding hydrogens is 496 g/mol. The summed E-state index contributed by atoms with van der Waals surface area (Å²) in [7, 11) is 1.42. The molecule has 4 rings (SSSR count). The van der Waals surface area contributed by atoms with Gasteiger partial charge in [-0.1, -0.05) is 23.7 Å². The number of amides is 3. The number of benzene rings is 2. The SMILES string of the molecule is COc1cccc(/C=C2\SC(=O)N(CC(=O)N3CCOCC3)C2=O)c1OC(=O)c1ccc(Cl)cc1. The second-order valence-corrected chi connectivity index (χ2v) is 8.97. The Morgan fingerprint density at radius 1 is 1.11 bits per heavy atom. The normalized spacial score (nSPS) is 17.1. The van der Waals surface area contributed by atoms with Gasteiger partial charge in [0, 0.05) is 23.7 Å². The molecule has 0 unspecified atom stereocenters. The van der Waals surface area contributed by atoms with Crippen molar-refractivity contribution in [1.82, 2.24) is 9.80 Å². The van der Waals surface area contributed by atoms with Gasteiger partial charge in [0.25, 0.3) is 11.1 Å². The van der Waals surface area contributed by atoms with Gasteiger partial charge in [-0.05, 0) is 48.2 Å². The Hall–Kier alpha value is -3.34. The lowest BCUT2D eigenvalue weighted by Gasteiger charge is -2.28. The number of hydrogen-bond acceptors (Lipinski definition) is 8. The monoisotopic (exact) mass is 516 g/mol. The molecule has 2 heterocycles. The number of ether oxygens (including phenoxy) is 3. The van der Waals surface area contributed by atoms with Crippen LogP contribution in [0.5, 0.6) is 11.5 Å². The number of hydrogen-bond donors (Lipinski definition) is 0. The lowest BCUT2D eigenvalue weighted by molar-refractivity contribution is -0.139. The Morgan fingerprint density at radius 2 is 1.83 bits per heavy atom. The maximum Gasteiger partial charge on any atom is 0.343 e. The van der Waals surface area contributed by atoms with Gasteiger partial charge < -0.3 is 19.1 Å². The van der Waals surface area contributed by atoms with E-state index in [1.165, 1.54) is 25.3 Å². The number of carbonyl (C=O) groups is 4. The third-order valence-corrected chi connectivity index (χ3v) is 6.48. The van der Waals surface area contributed by atoms with Gasteiger partial charge in [0.15, 0.2) is 11.5 Å². The molecule has 0 bridgehead atoms. The minimum absolute atomic E-state index is 0.0890. The van der Waals surface area contributed by atoms with Crippen molar-refractivity contribution in [2.75, 3.05) is 40.0 Å². The van der Waals surface area contributed by atoms with Gasteiger partial charge in [0.2, 0.25) is 5.91 Å². The summed E-state index contributed by atoms with van der Waals surface area (Å²) in [6.07, 6.45) is 1.44. The predicted molar refractivity (Wildman–Crippen MR) is 129 cm³/mol. The van der Waals surface area contributed by atoms with Crippen LogP contribution in [0.4, 0.5) is 4.79 Å². The fourth-order valence-corrected chi connectivity index (χ4v) is 4.43. The summed E-state index contributed by atoms with van der Waals surface area (Å²) in [5, 5.41) is -0.0761. The first-order chi connectivity index (χ1) is 16.9. The summed E-state index contributed by atoms with van der Waals surface area (Å²) < 4.78 is 16.2. The van der Waals surface area contributed by atoms with Gasteiger partial charge >= 0.3 is 5.97 Å². The highest BCUT2D eigenvalue weighted by Gasteiger charge is 2.37. The molecule has 182 valence electrons. The first kappa shape index (κ1) is 24.8. The van der Waals surface area contributed by atoms with E-state index >= 15 is 0 Å².